The van der Waals surface area contributed by atoms with E-state index in [9.17, 15) is 4.79 Å². The molecule has 0 radical (unpaired) electrons. The first-order valence-electron chi connectivity index (χ1n) is 5.52. The van der Waals surface area contributed by atoms with Gasteiger partial charge in [0.25, 0.3) is 0 Å². The highest BCUT2D eigenvalue weighted by molar-refractivity contribution is 5.73. The number of carbonyl (C=O) groups is 1. The van der Waals surface area contributed by atoms with Crippen molar-refractivity contribution in [2.75, 3.05) is 6.61 Å². The van der Waals surface area contributed by atoms with E-state index in [0.29, 0.717) is 6.04 Å². The van der Waals surface area contributed by atoms with Crippen LogP contribution in [0.3, 0.4) is 0 Å². The molecule has 0 heterocycles. The lowest BCUT2D eigenvalue weighted by atomic mass is 9.92. The Labute approximate surface area is 90.8 Å². The number of carboxylic acids is 1. The Kier molecular flexibility index (Phi) is 4.11. The zero-order valence-corrected chi connectivity index (χ0v) is 9.53. The van der Waals surface area contributed by atoms with E-state index in [0.717, 1.165) is 25.7 Å². The molecule has 0 aromatic rings. The fourth-order valence-corrected chi connectivity index (χ4v) is 1.64. The summed E-state index contributed by atoms with van der Waals surface area (Å²) in [6, 6.07) is 0.303. The van der Waals surface area contributed by atoms with Crippen molar-refractivity contribution in [1.29, 1.82) is 0 Å². The molecule has 0 spiro atoms. The minimum Gasteiger partial charge on any atom is -0.481 e. The lowest BCUT2D eigenvalue weighted by Crippen LogP contribution is -2.35. The van der Waals surface area contributed by atoms with Crippen molar-refractivity contribution in [1.82, 2.24) is 0 Å². The minimum atomic E-state index is -0.810. The highest BCUT2D eigenvalue weighted by atomic mass is 16.5. The quantitative estimate of drug-likeness (QED) is 0.743. The molecule has 0 aromatic heterocycles. The van der Waals surface area contributed by atoms with Gasteiger partial charge in [-0.15, -0.1) is 0 Å². The van der Waals surface area contributed by atoms with Crippen LogP contribution in [0.5, 0.6) is 0 Å². The Morgan fingerprint density at radius 2 is 1.93 bits per heavy atom. The molecule has 0 unspecified atom stereocenters. The molecule has 1 rings (SSSR count). The second-order valence-corrected chi connectivity index (χ2v) is 5.04. The molecule has 4 heteroatoms. The molecule has 0 saturated heterocycles. The Morgan fingerprint density at radius 1 is 1.40 bits per heavy atom. The lowest BCUT2D eigenvalue weighted by molar-refractivity contribution is -0.152. The number of hydrogen-bond donors (Lipinski definition) is 2. The second kappa shape index (κ2) is 4.94. The normalized spacial score (nSPS) is 27.7. The number of rotatable bonds is 4. The Bertz CT molecular complexity index is 220. The zero-order chi connectivity index (χ0) is 11.5. The van der Waals surface area contributed by atoms with Crippen LogP contribution in [0.2, 0.25) is 0 Å². The van der Waals surface area contributed by atoms with E-state index < -0.39 is 11.4 Å². The molecule has 1 saturated carbocycles. The van der Waals surface area contributed by atoms with E-state index in [2.05, 4.69) is 0 Å². The van der Waals surface area contributed by atoms with Gasteiger partial charge in [0.15, 0.2) is 0 Å². The number of hydrogen-bond acceptors (Lipinski definition) is 3. The number of carboxylic acid groups (broad SMARTS) is 1. The summed E-state index contributed by atoms with van der Waals surface area (Å²) < 4.78 is 5.62. The van der Waals surface area contributed by atoms with Gasteiger partial charge in [-0.1, -0.05) is 0 Å². The van der Waals surface area contributed by atoms with Crippen LogP contribution < -0.4 is 5.73 Å². The summed E-state index contributed by atoms with van der Waals surface area (Å²) in [7, 11) is 0. The molecule has 0 bridgehead atoms. The summed E-state index contributed by atoms with van der Waals surface area (Å²) in [5.41, 5.74) is 4.99. The summed E-state index contributed by atoms with van der Waals surface area (Å²) in [6.07, 6.45) is 4.08. The Morgan fingerprint density at radius 3 is 2.40 bits per heavy atom. The van der Waals surface area contributed by atoms with Gasteiger partial charge in [0, 0.05) is 6.04 Å². The molecule has 0 aromatic carbocycles. The summed E-state index contributed by atoms with van der Waals surface area (Å²) in [5.74, 6) is -0.810. The van der Waals surface area contributed by atoms with Crippen LogP contribution in [-0.2, 0) is 9.53 Å². The maximum atomic E-state index is 10.8. The van der Waals surface area contributed by atoms with Gasteiger partial charge < -0.3 is 15.6 Å². The maximum absolute atomic E-state index is 10.8. The smallest absolute Gasteiger partial charge is 0.311 e. The van der Waals surface area contributed by atoms with Crippen molar-refractivity contribution in [3.63, 3.8) is 0 Å². The highest BCUT2D eigenvalue weighted by Crippen LogP contribution is 2.23. The minimum absolute atomic E-state index is 0.198. The van der Waals surface area contributed by atoms with Gasteiger partial charge in [-0.25, -0.2) is 0 Å². The molecular weight excluding hydrogens is 194 g/mol. The summed E-state index contributed by atoms with van der Waals surface area (Å²) in [5, 5.41) is 8.91. The fourth-order valence-electron chi connectivity index (χ4n) is 1.64. The molecule has 15 heavy (non-hydrogen) atoms. The Hall–Kier alpha value is -0.610. The molecule has 1 aliphatic carbocycles. The van der Waals surface area contributed by atoms with Crippen molar-refractivity contribution in [3.8, 4) is 0 Å². The fraction of sp³-hybridized carbons (Fsp3) is 0.909. The third-order valence-electron chi connectivity index (χ3n) is 2.98. The van der Waals surface area contributed by atoms with Crippen molar-refractivity contribution in [2.24, 2.45) is 11.1 Å². The largest absolute Gasteiger partial charge is 0.481 e. The first-order valence-corrected chi connectivity index (χ1v) is 5.52. The molecular formula is C11H21NO3. The van der Waals surface area contributed by atoms with Gasteiger partial charge in [0.1, 0.15) is 0 Å². The van der Waals surface area contributed by atoms with E-state index in [1.165, 1.54) is 0 Å². The van der Waals surface area contributed by atoms with Crippen LogP contribution in [0, 0.1) is 5.41 Å². The van der Waals surface area contributed by atoms with Gasteiger partial charge in [-0.05, 0) is 39.5 Å². The van der Waals surface area contributed by atoms with Crippen LogP contribution in [-0.4, -0.2) is 29.8 Å². The number of ether oxygens (including phenoxy) is 1. The molecule has 0 aliphatic heterocycles. The van der Waals surface area contributed by atoms with E-state index in [1.807, 2.05) is 0 Å². The SMILES string of the molecule is CC(C)(COC1CCC(N)CC1)C(=O)O. The van der Waals surface area contributed by atoms with Gasteiger partial charge in [-0.3, -0.25) is 4.79 Å². The molecule has 0 amide bonds. The summed E-state index contributed by atoms with van der Waals surface area (Å²) in [4.78, 5) is 10.8. The topological polar surface area (TPSA) is 72.5 Å². The first kappa shape index (κ1) is 12.5. The second-order valence-electron chi connectivity index (χ2n) is 5.04. The number of aliphatic carboxylic acids is 1. The predicted molar refractivity (Wildman–Crippen MR) is 57.6 cm³/mol. The maximum Gasteiger partial charge on any atom is 0.311 e. The van der Waals surface area contributed by atoms with Crippen LogP contribution in [0.1, 0.15) is 39.5 Å². The average Bonchev–Trinajstić information content (AvgIpc) is 2.17. The lowest BCUT2D eigenvalue weighted by Gasteiger charge is -2.29. The van der Waals surface area contributed by atoms with Gasteiger partial charge >= 0.3 is 5.97 Å². The molecule has 1 aliphatic rings. The summed E-state index contributed by atoms with van der Waals surface area (Å²) in [6.45, 7) is 3.65. The molecule has 3 N–H and O–H groups in total. The van der Waals surface area contributed by atoms with Crippen molar-refractivity contribution in [3.05, 3.63) is 0 Å². The van der Waals surface area contributed by atoms with Gasteiger partial charge in [0.2, 0.25) is 0 Å². The molecule has 0 atom stereocenters. The first-order chi connectivity index (χ1) is 6.92. The van der Waals surface area contributed by atoms with Crippen molar-refractivity contribution in [2.45, 2.75) is 51.7 Å². The van der Waals surface area contributed by atoms with E-state index in [1.54, 1.807) is 13.8 Å². The molecule has 88 valence electrons. The van der Waals surface area contributed by atoms with E-state index in [-0.39, 0.29) is 12.7 Å². The van der Waals surface area contributed by atoms with Gasteiger partial charge in [-0.2, -0.15) is 0 Å². The van der Waals surface area contributed by atoms with Crippen LogP contribution >= 0.6 is 0 Å². The van der Waals surface area contributed by atoms with Crippen LogP contribution in [0.15, 0.2) is 0 Å². The van der Waals surface area contributed by atoms with Gasteiger partial charge in [0.05, 0.1) is 18.1 Å². The zero-order valence-electron chi connectivity index (χ0n) is 9.53. The number of nitrogens with two attached hydrogens (primary N) is 1. The van der Waals surface area contributed by atoms with Crippen molar-refractivity contribution >= 4 is 5.97 Å². The predicted octanol–water partition coefficient (Wildman–Crippen LogP) is 1.38. The Balaban J connectivity index is 2.28. The van der Waals surface area contributed by atoms with E-state index in [4.69, 9.17) is 15.6 Å². The van der Waals surface area contributed by atoms with Crippen LogP contribution in [0.25, 0.3) is 0 Å². The third-order valence-corrected chi connectivity index (χ3v) is 2.98. The van der Waals surface area contributed by atoms with Crippen LogP contribution in [0.4, 0.5) is 0 Å². The molecule has 1 fully saturated rings. The third kappa shape index (κ3) is 3.80. The summed E-state index contributed by atoms with van der Waals surface area (Å²) >= 11 is 0. The highest BCUT2D eigenvalue weighted by Gasteiger charge is 2.29. The monoisotopic (exact) mass is 215 g/mol. The van der Waals surface area contributed by atoms with E-state index >= 15 is 0 Å². The standard InChI is InChI=1S/C11H21NO3/c1-11(2,10(13)14)7-15-9-5-3-8(12)4-6-9/h8-9H,3-7,12H2,1-2H3,(H,13,14). The molecule has 4 nitrogen and oxygen atoms in total. The van der Waals surface area contributed by atoms with Crippen molar-refractivity contribution < 1.29 is 14.6 Å². The average molecular weight is 215 g/mol.